The van der Waals surface area contributed by atoms with Gasteiger partial charge in [0.15, 0.2) is 16.6 Å². The van der Waals surface area contributed by atoms with E-state index in [0.717, 1.165) is 22.6 Å². The third-order valence-electron chi connectivity index (χ3n) is 3.91. The summed E-state index contributed by atoms with van der Waals surface area (Å²) >= 11 is 1.40. The first-order chi connectivity index (χ1) is 12.7. The lowest BCUT2D eigenvalue weighted by atomic mass is 10.1. The summed E-state index contributed by atoms with van der Waals surface area (Å²) in [4.78, 5) is 16.6. The molecule has 0 saturated carbocycles. The second kappa shape index (κ2) is 7.01. The molecule has 26 heavy (non-hydrogen) atoms. The van der Waals surface area contributed by atoms with E-state index in [1.165, 1.54) is 23.0 Å². The molecule has 1 aliphatic rings. The maximum atomic E-state index is 12.1. The second-order valence-corrected chi connectivity index (χ2v) is 6.70. The third-order valence-corrected chi connectivity index (χ3v) is 4.66. The highest BCUT2D eigenvalue weighted by atomic mass is 32.1. The number of carbonyl (C=O) groups excluding carboxylic acids is 1. The molecule has 2 aromatic carbocycles. The molecule has 0 saturated heterocycles. The first-order valence-corrected chi connectivity index (χ1v) is 8.97. The van der Waals surface area contributed by atoms with E-state index in [-0.39, 0.29) is 12.7 Å². The van der Waals surface area contributed by atoms with Crippen LogP contribution in [-0.4, -0.2) is 17.7 Å². The van der Waals surface area contributed by atoms with Gasteiger partial charge in [-0.2, -0.15) is 0 Å². The van der Waals surface area contributed by atoms with Crippen molar-refractivity contribution in [2.45, 2.75) is 6.92 Å². The van der Waals surface area contributed by atoms with E-state index in [0.29, 0.717) is 10.9 Å². The number of rotatable bonds is 4. The van der Waals surface area contributed by atoms with Crippen LogP contribution >= 0.6 is 11.3 Å². The van der Waals surface area contributed by atoms with Gasteiger partial charge in [-0.05, 0) is 30.7 Å². The highest BCUT2D eigenvalue weighted by Crippen LogP contribution is 2.32. The summed E-state index contributed by atoms with van der Waals surface area (Å²) in [5, 5.41) is 5.29. The average Bonchev–Trinajstić information content (AvgIpc) is 3.29. The topological polar surface area (TPSA) is 60.5 Å². The van der Waals surface area contributed by atoms with Crippen LogP contribution in [0.3, 0.4) is 0 Å². The van der Waals surface area contributed by atoms with Crippen LogP contribution in [0.2, 0.25) is 0 Å². The maximum absolute atomic E-state index is 12.1. The fraction of sp³-hybridized carbons (Fsp3) is 0.100. The molecule has 1 aromatic heterocycles. The predicted molar refractivity (Wildman–Crippen MR) is 103 cm³/mol. The van der Waals surface area contributed by atoms with E-state index in [4.69, 9.17) is 9.47 Å². The molecule has 0 atom stereocenters. The van der Waals surface area contributed by atoms with Gasteiger partial charge >= 0.3 is 0 Å². The molecule has 1 N–H and O–H groups in total. The number of hydrogen-bond donors (Lipinski definition) is 1. The van der Waals surface area contributed by atoms with Crippen LogP contribution in [0.15, 0.2) is 53.9 Å². The molecular formula is C20H16N2O3S. The number of benzene rings is 2. The Balaban J connectivity index is 1.41. The number of fused-ring (bicyclic) bond motifs is 1. The minimum absolute atomic E-state index is 0.229. The molecule has 2 heterocycles. The number of nitrogens with zero attached hydrogens (tertiary/aromatic N) is 1. The summed E-state index contributed by atoms with van der Waals surface area (Å²) in [5.41, 5.74) is 3.95. The summed E-state index contributed by atoms with van der Waals surface area (Å²) in [6.07, 6.45) is 3.20. The number of carbonyl (C=O) groups is 1. The molecule has 6 heteroatoms. The van der Waals surface area contributed by atoms with Crippen molar-refractivity contribution in [2.75, 3.05) is 12.1 Å². The monoisotopic (exact) mass is 364 g/mol. The first-order valence-electron chi connectivity index (χ1n) is 8.09. The predicted octanol–water partition coefficient (Wildman–Crippen LogP) is 4.50. The zero-order chi connectivity index (χ0) is 17.9. The Bertz CT molecular complexity index is 977. The van der Waals surface area contributed by atoms with Crippen molar-refractivity contribution in [1.82, 2.24) is 4.98 Å². The van der Waals surface area contributed by atoms with Crippen LogP contribution in [0.1, 0.15) is 11.1 Å². The molecule has 0 bridgehead atoms. The van der Waals surface area contributed by atoms with E-state index in [1.54, 1.807) is 6.08 Å². The van der Waals surface area contributed by atoms with E-state index in [1.807, 2.05) is 54.8 Å². The number of amides is 1. The van der Waals surface area contributed by atoms with E-state index >= 15 is 0 Å². The number of aryl methyl sites for hydroxylation is 1. The van der Waals surface area contributed by atoms with Crippen molar-refractivity contribution in [3.63, 3.8) is 0 Å². The van der Waals surface area contributed by atoms with Crippen LogP contribution in [0.25, 0.3) is 17.3 Å². The van der Waals surface area contributed by atoms with Crippen molar-refractivity contribution in [3.05, 3.63) is 65.0 Å². The van der Waals surface area contributed by atoms with Gasteiger partial charge in [-0.25, -0.2) is 4.98 Å². The van der Waals surface area contributed by atoms with Crippen LogP contribution in [0.4, 0.5) is 5.13 Å². The lowest BCUT2D eigenvalue weighted by Crippen LogP contribution is -2.07. The summed E-state index contributed by atoms with van der Waals surface area (Å²) in [7, 11) is 0. The zero-order valence-corrected chi connectivity index (χ0v) is 14.9. The quantitative estimate of drug-likeness (QED) is 0.693. The van der Waals surface area contributed by atoms with Crippen LogP contribution < -0.4 is 14.8 Å². The smallest absolute Gasteiger partial charge is 0.250 e. The zero-order valence-electron chi connectivity index (χ0n) is 14.1. The number of thiazole rings is 1. The molecule has 0 radical (unpaired) electrons. The largest absolute Gasteiger partial charge is 0.454 e. The summed E-state index contributed by atoms with van der Waals surface area (Å²) in [6, 6.07) is 13.7. The molecule has 3 aromatic rings. The standard InChI is InChI=1S/C20H16N2O3S/c1-13-2-6-15(7-3-13)16-11-26-20(21-16)22-19(23)9-5-14-4-8-17-18(10-14)25-12-24-17/h2-11H,12H2,1H3,(H,21,22,23). The SMILES string of the molecule is Cc1ccc(-c2csc(NC(=O)C=Cc3ccc4c(c3)OCO4)n2)cc1. The minimum Gasteiger partial charge on any atom is -0.454 e. The number of hydrogen-bond acceptors (Lipinski definition) is 5. The molecule has 1 amide bonds. The van der Waals surface area contributed by atoms with Gasteiger partial charge in [-0.15, -0.1) is 11.3 Å². The molecule has 0 aliphatic carbocycles. The summed E-state index contributed by atoms with van der Waals surface area (Å²) in [6.45, 7) is 2.28. The van der Waals surface area contributed by atoms with Crippen LogP contribution in [0.5, 0.6) is 11.5 Å². The molecule has 0 fully saturated rings. The van der Waals surface area contributed by atoms with Crippen molar-refractivity contribution in [2.24, 2.45) is 0 Å². The van der Waals surface area contributed by atoms with Crippen LogP contribution in [0, 0.1) is 6.92 Å². The number of nitrogens with one attached hydrogen (secondary N) is 1. The molecular weight excluding hydrogens is 348 g/mol. The summed E-state index contributed by atoms with van der Waals surface area (Å²) < 4.78 is 10.6. The molecule has 4 rings (SSSR count). The number of ether oxygens (including phenoxy) is 2. The molecule has 0 unspecified atom stereocenters. The van der Waals surface area contributed by atoms with E-state index < -0.39 is 0 Å². The van der Waals surface area contributed by atoms with Crippen molar-refractivity contribution in [3.8, 4) is 22.8 Å². The van der Waals surface area contributed by atoms with Gasteiger partial charge in [0.1, 0.15) is 0 Å². The van der Waals surface area contributed by atoms with E-state index in [9.17, 15) is 4.79 Å². The van der Waals surface area contributed by atoms with Crippen molar-refractivity contribution in [1.29, 1.82) is 0 Å². The highest BCUT2D eigenvalue weighted by Gasteiger charge is 2.12. The lowest BCUT2D eigenvalue weighted by Gasteiger charge is -1.99. The van der Waals surface area contributed by atoms with Gasteiger partial charge < -0.3 is 9.47 Å². The average molecular weight is 364 g/mol. The van der Waals surface area contributed by atoms with Gasteiger partial charge in [0.05, 0.1) is 5.69 Å². The fourth-order valence-electron chi connectivity index (χ4n) is 2.52. The van der Waals surface area contributed by atoms with Crippen molar-refractivity contribution < 1.29 is 14.3 Å². The number of anilines is 1. The second-order valence-electron chi connectivity index (χ2n) is 5.84. The Hall–Kier alpha value is -3.12. The Morgan fingerprint density at radius 1 is 1.15 bits per heavy atom. The van der Waals surface area contributed by atoms with E-state index in [2.05, 4.69) is 10.3 Å². The highest BCUT2D eigenvalue weighted by molar-refractivity contribution is 7.14. The van der Waals surface area contributed by atoms with Gasteiger partial charge in [0.2, 0.25) is 12.7 Å². The third kappa shape index (κ3) is 3.60. The Morgan fingerprint density at radius 3 is 2.81 bits per heavy atom. The molecule has 1 aliphatic heterocycles. The first kappa shape index (κ1) is 16.4. The molecule has 0 spiro atoms. The van der Waals surface area contributed by atoms with Gasteiger partial charge in [0, 0.05) is 17.0 Å². The molecule has 130 valence electrons. The van der Waals surface area contributed by atoms with Gasteiger partial charge in [-0.3, -0.25) is 10.1 Å². The minimum atomic E-state index is -0.229. The van der Waals surface area contributed by atoms with Crippen LogP contribution in [-0.2, 0) is 4.79 Å². The normalized spacial score (nSPS) is 12.5. The van der Waals surface area contributed by atoms with Crippen molar-refractivity contribution >= 4 is 28.5 Å². The lowest BCUT2D eigenvalue weighted by molar-refractivity contribution is -0.111. The fourth-order valence-corrected chi connectivity index (χ4v) is 3.25. The Labute approximate surface area is 154 Å². The maximum Gasteiger partial charge on any atom is 0.250 e. The Morgan fingerprint density at radius 2 is 1.96 bits per heavy atom. The van der Waals surface area contributed by atoms with Gasteiger partial charge in [0.25, 0.3) is 0 Å². The number of aromatic nitrogens is 1. The Kier molecular flexibility index (Phi) is 4.41. The van der Waals surface area contributed by atoms with Gasteiger partial charge in [-0.1, -0.05) is 35.9 Å². The molecule has 5 nitrogen and oxygen atoms in total. The summed E-state index contributed by atoms with van der Waals surface area (Å²) in [5.74, 6) is 1.18.